The van der Waals surface area contributed by atoms with Gasteiger partial charge in [0.1, 0.15) is 0 Å². The second-order valence-electron chi connectivity index (χ2n) is 7.24. The minimum absolute atomic E-state index is 0.211. The van der Waals surface area contributed by atoms with Gasteiger partial charge in [-0.05, 0) is 56.4 Å². The lowest BCUT2D eigenvalue weighted by Crippen LogP contribution is -2.47. The third-order valence-corrected chi connectivity index (χ3v) is 5.28. The van der Waals surface area contributed by atoms with Crippen molar-refractivity contribution in [1.82, 2.24) is 9.88 Å². The molecule has 0 radical (unpaired) electrons. The summed E-state index contributed by atoms with van der Waals surface area (Å²) < 4.78 is 0. The molecule has 4 rings (SSSR count). The normalized spacial score (nSPS) is 19.8. The lowest BCUT2D eigenvalue weighted by atomic mass is 9.96. The largest absolute Gasteiger partial charge is 0.308 e. The highest BCUT2D eigenvalue weighted by molar-refractivity contribution is 5.96. The lowest BCUT2D eigenvalue weighted by molar-refractivity contribution is -0.120. The number of amides is 1. The molecule has 1 aliphatic heterocycles. The smallest absolute Gasteiger partial charge is 0.241 e. The van der Waals surface area contributed by atoms with E-state index in [0.29, 0.717) is 12.6 Å². The molecule has 0 spiro atoms. The molecule has 1 unspecified atom stereocenters. The molecular weight excluding hydrogens is 310 g/mol. The molecule has 1 aromatic heterocycles. The van der Waals surface area contributed by atoms with Gasteiger partial charge in [-0.2, -0.15) is 0 Å². The van der Waals surface area contributed by atoms with Crippen LogP contribution in [0.25, 0.3) is 0 Å². The molecule has 130 valence electrons. The summed E-state index contributed by atoms with van der Waals surface area (Å²) in [6.07, 6.45) is 6.29. The zero-order chi connectivity index (χ0) is 17.2. The van der Waals surface area contributed by atoms with Crippen molar-refractivity contribution in [3.63, 3.8) is 0 Å². The molecule has 1 aliphatic carbocycles. The van der Waals surface area contributed by atoms with Crippen molar-refractivity contribution in [3.8, 4) is 0 Å². The van der Waals surface area contributed by atoms with Crippen molar-refractivity contribution in [3.05, 3.63) is 59.9 Å². The van der Waals surface area contributed by atoms with Crippen molar-refractivity contribution >= 4 is 11.6 Å². The highest BCUT2D eigenvalue weighted by Crippen LogP contribution is 2.32. The van der Waals surface area contributed by atoms with E-state index >= 15 is 0 Å². The Kier molecular flexibility index (Phi) is 4.53. The van der Waals surface area contributed by atoms with E-state index in [-0.39, 0.29) is 11.9 Å². The minimum atomic E-state index is 0.211. The first-order valence-corrected chi connectivity index (χ1v) is 9.26. The molecule has 2 aliphatic rings. The number of hydrogen-bond acceptors (Lipinski definition) is 3. The molecule has 1 aromatic carbocycles. The van der Waals surface area contributed by atoms with E-state index in [4.69, 9.17) is 0 Å². The molecule has 0 bridgehead atoms. The Hall–Kier alpha value is -2.20. The monoisotopic (exact) mass is 335 g/mol. The number of benzene rings is 1. The van der Waals surface area contributed by atoms with Crippen LogP contribution in [0.15, 0.2) is 48.7 Å². The fourth-order valence-electron chi connectivity index (χ4n) is 3.77. The predicted molar refractivity (Wildman–Crippen MR) is 99.4 cm³/mol. The molecule has 2 heterocycles. The maximum atomic E-state index is 13.2. The number of hydrogen-bond donors (Lipinski definition) is 0. The van der Waals surface area contributed by atoms with Crippen molar-refractivity contribution in [2.24, 2.45) is 0 Å². The first-order chi connectivity index (χ1) is 12.2. The highest BCUT2D eigenvalue weighted by Gasteiger charge is 2.34. The molecule has 2 aromatic rings. The molecule has 1 saturated carbocycles. The number of aryl methyl sites for hydroxylation is 1. The number of carbonyl (C=O) groups is 1. The Morgan fingerprint density at radius 1 is 1.16 bits per heavy atom. The van der Waals surface area contributed by atoms with Crippen LogP contribution in [-0.4, -0.2) is 34.4 Å². The first-order valence-electron chi connectivity index (χ1n) is 9.26. The Morgan fingerprint density at radius 3 is 2.72 bits per heavy atom. The Morgan fingerprint density at radius 2 is 1.96 bits per heavy atom. The molecule has 1 amide bonds. The first kappa shape index (κ1) is 16.3. The van der Waals surface area contributed by atoms with E-state index in [1.807, 2.05) is 35.4 Å². The van der Waals surface area contributed by atoms with E-state index in [2.05, 4.69) is 35.0 Å². The van der Waals surface area contributed by atoms with Gasteiger partial charge in [0.15, 0.2) is 0 Å². The molecule has 0 saturated heterocycles. The van der Waals surface area contributed by atoms with E-state index in [0.717, 1.165) is 30.8 Å². The fraction of sp³-hybridized carbons (Fsp3) is 0.429. The quantitative estimate of drug-likeness (QED) is 0.840. The van der Waals surface area contributed by atoms with E-state index in [1.165, 1.54) is 18.4 Å². The average molecular weight is 335 g/mol. The summed E-state index contributed by atoms with van der Waals surface area (Å²) in [4.78, 5) is 21.9. The van der Waals surface area contributed by atoms with E-state index in [9.17, 15) is 4.79 Å². The zero-order valence-electron chi connectivity index (χ0n) is 14.8. The molecule has 25 heavy (non-hydrogen) atoms. The number of para-hydroxylation sites is 1. The van der Waals surface area contributed by atoms with Crippen LogP contribution in [0.4, 0.5) is 5.69 Å². The third-order valence-electron chi connectivity index (χ3n) is 5.28. The van der Waals surface area contributed by atoms with Crippen molar-refractivity contribution in [2.75, 3.05) is 11.4 Å². The van der Waals surface area contributed by atoms with Crippen molar-refractivity contribution in [1.29, 1.82) is 0 Å². The average Bonchev–Trinajstić information content (AvgIpc) is 3.47. The van der Waals surface area contributed by atoms with Crippen LogP contribution < -0.4 is 4.90 Å². The Labute approximate surface area is 149 Å². The number of rotatable bonds is 5. The molecule has 4 nitrogen and oxygen atoms in total. The number of fused-ring (bicyclic) bond motifs is 1. The van der Waals surface area contributed by atoms with Gasteiger partial charge in [0, 0.05) is 30.5 Å². The summed E-state index contributed by atoms with van der Waals surface area (Å²) in [6, 6.07) is 15.1. The number of pyridine rings is 1. The van der Waals surface area contributed by atoms with Gasteiger partial charge < -0.3 is 4.90 Å². The number of aromatic nitrogens is 1. The summed E-state index contributed by atoms with van der Waals surface area (Å²) in [5.74, 6) is 0.211. The van der Waals surface area contributed by atoms with Crippen molar-refractivity contribution in [2.45, 2.75) is 51.2 Å². The predicted octanol–water partition coefficient (Wildman–Crippen LogP) is 3.41. The van der Waals surface area contributed by atoms with Crippen LogP contribution in [0.5, 0.6) is 0 Å². The number of carbonyl (C=O) groups excluding carboxylic acids is 1. The van der Waals surface area contributed by atoms with E-state index < -0.39 is 0 Å². The second-order valence-corrected chi connectivity index (χ2v) is 7.24. The van der Waals surface area contributed by atoms with Gasteiger partial charge in [-0.25, -0.2) is 0 Å². The maximum absolute atomic E-state index is 13.2. The fourth-order valence-corrected chi connectivity index (χ4v) is 3.77. The number of anilines is 1. The third kappa shape index (κ3) is 3.59. The van der Waals surface area contributed by atoms with Crippen molar-refractivity contribution < 1.29 is 4.79 Å². The van der Waals surface area contributed by atoms with Crippen LogP contribution in [0.2, 0.25) is 0 Å². The van der Waals surface area contributed by atoms with Gasteiger partial charge in [-0.3, -0.25) is 14.7 Å². The van der Waals surface area contributed by atoms with Crippen LogP contribution in [0, 0.1) is 0 Å². The summed E-state index contributed by atoms with van der Waals surface area (Å²) in [7, 11) is 0. The molecule has 4 heteroatoms. The number of nitrogens with zero attached hydrogens (tertiary/aromatic N) is 3. The highest BCUT2D eigenvalue weighted by atomic mass is 16.2. The Balaban J connectivity index is 1.52. The van der Waals surface area contributed by atoms with Gasteiger partial charge in [0.2, 0.25) is 5.91 Å². The zero-order valence-corrected chi connectivity index (χ0v) is 14.8. The van der Waals surface area contributed by atoms with Gasteiger partial charge >= 0.3 is 0 Å². The summed E-state index contributed by atoms with van der Waals surface area (Å²) >= 11 is 0. The van der Waals surface area contributed by atoms with Crippen LogP contribution in [0.1, 0.15) is 37.4 Å². The molecule has 1 fully saturated rings. The summed E-state index contributed by atoms with van der Waals surface area (Å²) in [5.41, 5.74) is 3.42. The van der Waals surface area contributed by atoms with Crippen LogP contribution >= 0.6 is 0 Å². The van der Waals surface area contributed by atoms with Crippen LogP contribution in [-0.2, 0) is 17.8 Å². The lowest BCUT2D eigenvalue weighted by Gasteiger charge is -2.36. The molecular formula is C21H25N3O. The van der Waals surface area contributed by atoms with Gasteiger partial charge in [-0.15, -0.1) is 0 Å². The SMILES string of the molecule is CC1CCc2ccccc2N1C(=O)CN(Cc1ccccn1)C1CC1. The van der Waals surface area contributed by atoms with Gasteiger partial charge in [0.05, 0.1) is 12.2 Å². The summed E-state index contributed by atoms with van der Waals surface area (Å²) in [6.45, 7) is 3.38. The maximum Gasteiger partial charge on any atom is 0.241 e. The second kappa shape index (κ2) is 6.96. The molecule has 0 N–H and O–H groups in total. The standard InChI is InChI=1S/C21H25N3O/c1-16-9-10-17-6-2-3-8-20(17)24(16)21(25)15-23(19-11-12-19)14-18-7-4-5-13-22-18/h2-8,13,16,19H,9-12,14-15H2,1H3. The topological polar surface area (TPSA) is 36.4 Å². The van der Waals surface area contributed by atoms with Gasteiger partial charge in [-0.1, -0.05) is 24.3 Å². The summed E-state index contributed by atoms with van der Waals surface area (Å²) in [5, 5.41) is 0. The van der Waals surface area contributed by atoms with Crippen LogP contribution in [0.3, 0.4) is 0 Å². The Bertz CT molecular complexity index is 742. The van der Waals surface area contributed by atoms with Gasteiger partial charge in [0.25, 0.3) is 0 Å². The van der Waals surface area contributed by atoms with E-state index in [1.54, 1.807) is 0 Å². The molecule has 1 atom stereocenters. The minimum Gasteiger partial charge on any atom is -0.308 e.